The Hall–Kier alpha value is -2.24. The van der Waals surface area contributed by atoms with Gasteiger partial charge in [0, 0.05) is 32.5 Å². The number of benzene rings is 1. The molecule has 0 saturated heterocycles. The Balaban J connectivity index is 2.54. The predicted molar refractivity (Wildman–Crippen MR) is 71.2 cm³/mol. The van der Waals surface area contributed by atoms with E-state index >= 15 is 0 Å². The number of carbonyl (C=O) groups is 2. The van der Waals surface area contributed by atoms with E-state index in [1.165, 1.54) is 9.80 Å². The lowest BCUT2D eigenvalue weighted by Gasteiger charge is -2.19. The van der Waals surface area contributed by atoms with E-state index in [2.05, 4.69) is 5.32 Å². The third kappa shape index (κ3) is 3.97. The molecule has 0 aliphatic carbocycles. The van der Waals surface area contributed by atoms with Crippen molar-refractivity contribution in [2.45, 2.75) is 0 Å². The molecule has 3 N–H and O–H groups in total. The molecule has 0 aliphatic heterocycles. The summed E-state index contributed by atoms with van der Waals surface area (Å²) in [6, 6.07) is 6.46. The van der Waals surface area contributed by atoms with Crippen molar-refractivity contribution in [3.8, 4) is 0 Å². The molecule has 0 saturated carbocycles. The van der Waals surface area contributed by atoms with Crippen LogP contribution in [0.2, 0.25) is 0 Å². The largest absolute Gasteiger partial charge is 0.399 e. The van der Waals surface area contributed by atoms with E-state index in [0.29, 0.717) is 11.4 Å². The second-order valence-electron chi connectivity index (χ2n) is 4.20. The van der Waals surface area contributed by atoms with Crippen LogP contribution in [0, 0.1) is 0 Å². The highest BCUT2D eigenvalue weighted by Crippen LogP contribution is 2.10. The number of rotatable bonds is 3. The smallest absolute Gasteiger partial charge is 0.322 e. The summed E-state index contributed by atoms with van der Waals surface area (Å²) < 4.78 is 0. The predicted octanol–water partition coefficient (Wildman–Crippen LogP) is 0.821. The van der Waals surface area contributed by atoms with Crippen LogP contribution < -0.4 is 11.1 Å². The fourth-order valence-corrected chi connectivity index (χ4v) is 1.20. The first-order valence-electron chi connectivity index (χ1n) is 5.48. The Bertz CT molecular complexity index is 428. The van der Waals surface area contributed by atoms with Gasteiger partial charge in [-0.2, -0.15) is 0 Å². The minimum absolute atomic E-state index is 0.0355. The third-order valence-electron chi connectivity index (χ3n) is 2.38. The maximum Gasteiger partial charge on any atom is 0.322 e. The van der Waals surface area contributed by atoms with Crippen molar-refractivity contribution in [1.82, 2.24) is 9.80 Å². The lowest BCUT2D eigenvalue weighted by molar-refractivity contribution is -0.129. The number of hydrogen-bond acceptors (Lipinski definition) is 3. The number of anilines is 2. The average Bonchev–Trinajstić information content (AvgIpc) is 2.31. The first-order chi connectivity index (χ1) is 8.40. The molecule has 1 aromatic carbocycles. The first kappa shape index (κ1) is 13.8. The summed E-state index contributed by atoms with van der Waals surface area (Å²) in [5.41, 5.74) is 6.81. The highest BCUT2D eigenvalue weighted by atomic mass is 16.2. The quantitative estimate of drug-likeness (QED) is 0.779. The topological polar surface area (TPSA) is 78.7 Å². The molecule has 0 heterocycles. The standard InChI is InChI=1S/C12H18N4O2/c1-15(2)11(17)8-16(3)12(18)14-10-6-4-9(13)5-7-10/h4-7H,8,13H2,1-3H3,(H,14,18). The number of amides is 3. The summed E-state index contributed by atoms with van der Waals surface area (Å²) in [7, 11) is 4.86. The zero-order valence-corrected chi connectivity index (χ0v) is 10.8. The van der Waals surface area contributed by atoms with E-state index in [0.717, 1.165) is 0 Å². The summed E-state index contributed by atoms with van der Waals surface area (Å²) in [4.78, 5) is 26.0. The van der Waals surface area contributed by atoms with Crippen molar-refractivity contribution in [3.63, 3.8) is 0 Å². The van der Waals surface area contributed by atoms with Gasteiger partial charge in [-0.1, -0.05) is 0 Å². The fraction of sp³-hybridized carbons (Fsp3) is 0.333. The van der Waals surface area contributed by atoms with Crippen LogP contribution in [0.4, 0.5) is 16.2 Å². The molecule has 6 nitrogen and oxygen atoms in total. The number of likely N-dealkylation sites (N-methyl/N-ethyl adjacent to an activating group) is 2. The Morgan fingerprint density at radius 1 is 1.17 bits per heavy atom. The molecule has 0 aromatic heterocycles. The second-order valence-corrected chi connectivity index (χ2v) is 4.20. The molecule has 6 heteroatoms. The highest BCUT2D eigenvalue weighted by molar-refractivity contribution is 5.92. The second kappa shape index (κ2) is 5.90. The summed E-state index contributed by atoms with van der Waals surface area (Å²) in [6.07, 6.45) is 0. The van der Waals surface area contributed by atoms with E-state index in [4.69, 9.17) is 5.73 Å². The van der Waals surface area contributed by atoms with Crippen LogP contribution in [-0.4, -0.2) is 49.4 Å². The van der Waals surface area contributed by atoms with Crippen molar-refractivity contribution in [1.29, 1.82) is 0 Å². The Morgan fingerprint density at radius 3 is 2.22 bits per heavy atom. The van der Waals surface area contributed by atoms with Gasteiger partial charge in [0.15, 0.2) is 0 Å². The molecule has 0 aliphatic rings. The van der Waals surface area contributed by atoms with E-state index in [-0.39, 0.29) is 18.5 Å². The van der Waals surface area contributed by atoms with Gasteiger partial charge >= 0.3 is 6.03 Å². The van der Waals surface area contributed by atoms with Gasteiger partial charge in [-0.05, 0) is 24.3 Å². The van der Waals surface area contributed by atoms with Gasteiger partial charge in [0.25, 0.3) is 0 Å². The van der Waals surface area contributed by atoms with Gasteiger partial charge < -0.3 is 20.9 Å². The monoisotopic (exact) mass is 250 g/mol. The normalized spacial score (nSPS) is 9.72. The van der Waals surface area contributed by atoms with Crippen molar-refractivity contribution < 1.29 is 9.59 Å². The molecule has 0 spiro atoms. The van der Waals surface area contributed by atoms with Crippen molar-refractivity contribution in [2.75, 3.05) is 38.7 Å². The van der Waals surface area contributed by atoms with E-state index in [1.807, 2.05) is 0 Å². The molecule has 3 amide bonds. The number of nitrogens with two attached hydrogens (primary N) is 1. The number of urea groups is 1. The molecule has 1 aromatic rings. The number of nitrogens with one attached hydrogen (secondary N) is 1. The van der Waals surface area contributed by atoms with E-state index < -0.39 is 0 Å². The third-order valence-corrected chi connectivity index (χ3v) is 2.38. The number of carbonyl (C=O) groups excluding carboxylic acids is 2. The molecule has 18 heavy (non-hydrogen) atoms. The van der Waals surface area contributed by atoms with Crippen LogP contribution in [0.1, 0.15) is 0 Å². The van der Waals surface area contributed by atoms with Gasteiger partial charge in [-0.3, -0.25) is 4.79 Å². The van der Waals surface area contributed by atoms with Crippen LogP contribution >= 0.6 is 0 Å². The van der Waals surface area contributed by atoms with Crippen LogP contribution in [0.25, 0.3) is 0 Å². The van der Waals surface area contributed by atoms with Gasteiger partial charge in [0.1, 0.15) is 6.54 Å². The maximum atomic E-state index is 11.8. The van der Waals surface area contributed by atoms with Crippen molar-refractivity contribution >= 4 is 23.3 Å². The summed E-state index contributed by atoms with van der Waals surface area (Å²) in [5, 5.41) is 2.67. The lowest BCUT2D eigenvalue weighted by atomic mass is 10.3. The van der Waals surface area contributed by atoms with E-state index in [9.17, 15) is 9.59 Å². The summed E-state index contributed by atoms with van der Waals surface area (Å²) >= 11 is 0. The molecular weight excluding hydrogens is 232 g/mol. The summed E-state index contributed by atoms with van der Waals surface area (Å²) in [5.74, 6) is -0.134. The average molecular weight is 250 g/mol. The molecule has 1 rings (SSSR count). The van der Waals surface area contributed by atoms with Crippen LogP contribution in [0.3, 0.4) is 0 Å². The highest BCUT2D eigenvalue weighted by Gasteiger charge is 2.13. The van der Waals surface area contributed by atoms with Crippen LogP contribution in [0.15, 0.2) is 24.3 Å². The molecule has 0 fully saturated rings. The number of hydrogen-bond donors (Lipinski definition) is 2. The Labute approximate surface area is 106 Å². The number of nitrogen functional groups attached to an aromatic ring is 1. The van der Waals surface area contributed by atoms with Crippen molar-refractivity contribution in [3.05, 3.63) is 24.3 Å². The van der Waals surface area contributed by atoms with E-state index in [1.54, 1.807) is 45.4 Å². The zero-order valence-electron chi connectivity index (χ0n) is 10.8. The van der Waals surface area contributed by atoms with Gasteiger partial charge in [0.05, 0.1) is 0 Å². The minimum Gasteiger partial charge on any atom is -0.399 e. The van der Waals surface area contributed by atoms with Crippen LogP contribution in [-0.2, 0) is 4.79 Å². The first-order valence-corrected chi connectivity index (χ1v) is 5.48. The minimum atomic E-state index is -0.338. The number of nitrogens with zero attached hydrogens (tertiary/aromatic N) is 2. The van der Waals surface area contributed by atoms with Gasteiger partial charge in [-0.15, -0.1) is 0 Å². The Morgan fingerprint density at radius 2 is 1.72 bits per heavy atom. The zero-order chi connectivity index (χ0) is 13.7. The Kier molecular flexibility index (Phi) is 4.53. The van der Waals surface area contributed by atoms with Gasteiger partial charge in [0.2, 0.25) is 5.91 Å². The SMILES string of the molecule is CN(C)C(=O)CN(C)C(=O)Nc1ccc(N)cc1. The molecule has 0 atom stereocenters. The fourth-order valence-electron chi connectivity index (χ4n) is 1.20. The molecule has 98 valence electrons. The molecule has 0 bridgehead atoms. The van der Waals surface area contributed by atoms with Gasteiger partial charge in [-0.25, -0.2) is 4.79 Å². The molecule has 0 unspecified atom stereocenters. The maximum absolute atomic E-state index is 11.8. The van der Waals surface area contributed by atoms with Crippen molar-refractivity contribution in [2.24, 2.45) is 0 Å². The molecular formula is C12H18N4O2. The molecule has 0 radical (unpaired) electrons. The van der Waals surface area contributed by atoms with Crippen LogP contribution in [0.5, 0.6) is 0 Å². The summed E-state index contributed by atoms with van der Waals surface area (Å²) in [6.45, 7) is 0.0355. The lowest BCUT2D eigenvalue weighted by Crippen LogP contribution is -2.39.